The summed E-state index contributed by atoms with van der Waals surface area (Å²) in [5.41, 5.74) is 5.41. The van der Waals surface area contributed by atoms with Crippen molar-refractivity contribution in [1.82, 2.24) is 0 Å². The molecule has 2 fully saturated rings. The van der Waals surface area contributed by atoms with Gasteiger partial charge >= 0.3 is 5.97 Å². The summed E-state index contributed by atoms with van der Waals surface area (Å²) in [4.78, 5) is 22.5. The Hall–Kier alpha value is -1.32. The summed E-state index contributed by atoms with van der Waals surface area (Å²) in [5, 5.41) is 9.17. The molecule has 15 heavy (non-hydrogen) atoms. The van der Waals surface area contributed by atoms with E-state index in [0.29, 0.717) is 0 Å². The first-order chi connectivity index (χ1) is 7.08. The Bertz CT molecular complexity index is 351. The second kappa shape index (κ2) is 2.43. The van der Waals surface area contributed by atoms with Crippen molar-refractivity contribution in [2.45, 2.75) is 12.8 Å². The number of primary amides is 1. The zero-order valence-electron chi connectivity index (χ0n) is 8.22. The molecule has 0 saturated heterocycles. The fourth-order valence-electron chi connectivity index (χ4n) is 3.72. The Morgan fingerprint density at radius 3 is 2.07 bits per heavy atom. The first-order valence-electron chi connectivity index (χ1n) is 5.28. The van der Waals surface area contributed by atoms with Crippen LogP contribution < -0.4 is 5.73 Å². The van der Waals surface area contributed by atoms with Gasteiger partial charge in [-0.1, -0.05) is 12.2 Å². The highest BCUT2D eigenvalue weighted by atomic mass is 16.4. The molecule has 4 heteroatoms. The van der Waals surface area contributed by atoms with E-state index < -0.39 is 23.7 Å². The second-order valence-corrected chi connectivity index (χ2v) is 4.96. The van der Waals surface area contributed by atoms with E-state index in [1.807, 2.05) is 12.2 Å². The Labute approximate surface area is 87.1 Å². The molecule has 4 nitrogen and oxygen atoms in total. The standard InChI is InChI=1S/C11H13NO3/c12-9(13)7-5-1-2-6(8(7)10(14)15)11(5)3-4-11/h1-2,5-8H,3-4H2,(H2,12,13)(H,14,15)/t5-,6+,7?,8?/m0/s1. The van der Waals surface area contributed by atoms with Gasteiger partial charge in [-0.05, 0) is 30.1 Å². The molecule has 2 bridgehead atoms. The molecule has 3 N–H and O–H groups in total. The van der Waals surface area contributed by atoms with Gasteiger partial charge in [-0.15, -0.1) is 0 Å². The maximum absolute atomic E-state index is 11.3. The number of hydrogen-bond acceptors (Lipinski definition) is 2. The highest BCUT2D eigenvalue weighted by Gasteiger charge is 2.69. The van der Waals surface area contributed by atoms with Crippen molar-refractivity contribution >= 4 is 11.9 Å². The molecule has 3 aliphatic carbocycles. The van der Waals surface area contributed by atoms with Crippen LogP contribution in [0.4, 0.5) is 0 Å². The molecule has 0 aromatic heterocycles. The minimum atomic E-state index is -0.873. The number of rotatable bonds is 2. The molecule has 0 aromatic rings. The lowest BCUT2D eigenvalue weighted by molar-refractivity contribution is -0.147. The quantitative estimate of drug-likeness (QED) is 0.642. The molecule has 4 atom stereocenters. The summed E-state index contributed by atoms with van der Waals surface area (Å²) in [5.74, 6) is -2.27. The van der Waals surface area contributed by atoms with Crippen LogP contribution in [0, 0.1) is 29.1 Å². The third kappa shape index (κ3) is 0.874. The van der Waals surface area contributed by atoms with E-state index in [1.165, 1.54) is 0 Å². The molecule has 1 amide bonds. The van der Waals surface area contributed by atoms with Gasteiger partial charge in [0, 0.05) is 0 Å². The number of carbonyl (C=O) groups excluding carboxylic acids is 1. The number of allylic oxidation sites excluding steroid dienone is 2. The monoisotopic (exact) mass is 207 g/mol. The van der Waals surface area contributed by atoms with Gasteiger partial charge in [0.05, 0.1) is 11.8 Å². The number of carbonyl (C=O) groups is 2. The molecule has 3 aliphatic rings. The van der Waals surface area contributed by atoms with E-state index in [9.17, 15) is 14.7 Å². The van der Waals surface area contributed by atoms with Gasteiger partial charge in [-0.25, -0.2) is 0 Å². The molecule has 1 spiro atoms. The Morgan fingerprint density at radius 2 is 1.73 bits per heavy atom. The lowest BCUT2D eigenvalue weighted by Gasteiger charge is -2.21. The van der Waals surface area contributed by atoms with Gasteiger partial charge in [0.15, 0.2) is 0 Å². The predicted molar refractivity (Wildman–Crippen MR) is 51.6 cm³/mol. The van der Waals surface area contributed by atoms with Crippen molar-refractivity contribution in [2.24, 2.45) is 34.8 Å². The van der Waals surface area contributed by atoms with Gasteiger partial charge in [0.2, 0.25) is 5.91 Å². The lowest BCUT2D eigenvalue weighted by atomic mass is 9.83. The summed E-state index contributed by atoms with van der Waals surface area (Å²) in [6.07, 6.45) is 6.08. The molecular formula is C11H13NO3. The van der Waals surface area contributed by atoms with E-state index in [-0.39, 0.29) is 17.3 Å². The van der Waals surface area contributed by atoms with Crippen LogP contribution in [0.15, 0.2) is 12.2 Å². The van der Waals surface area contributed by atoms with E-state index in [0.717, 1.165) is 12.8 Å². The first-order valence-corrected chi connectivity index (χ1v) is 5.28. The summed E-state index contributed by atoms with van der Waals surface area (Å²) >= 11 is 0. The van der Waals surface area contributed by atoms with Crippen molar-refractivity contribution in [3.05, 3.63) is 12.2 Å². The van der Waals surface area contributed by atoms with Crippen molar-refractivity contribution in [2.75, 3.05) is 0 Å². The van der Waals surface area contributed by atoms with E-state index in [4.69, 9.17) is 5.73 Å². The second-order valence-electron chi connectivity index (χ2n) is 4.96. The maximum atomic E-state index is 11.3. The normalized spacial score (nSPS) is 43.5. The van der Waals surface area contributed by atoms with Gasteiger partial charge < -0.3 is 10.8 Å². The Balaban J connectivity index is 2.05. The topological polar surface area (TPSA) is 80.4 Å². The van der Waals surface area contributed by atoms with Crippen LogP contribution in [0.3, 0.4) is 0 Å². The number of amides is 1. The number of carboxylic acid groups (broad SMARTS) is 1. The van der Waals surface area contributed by atoms with E-state index in [2.05, 4.69) is 0 Å². The molecule has 0 aromatic carbocycles. The smallest absolute Gasteiger partial charge is 0.307 e. The summed E-state index contributed by atoms with van der Waals surface area (Å²) < 4.78 is 0. The van der Waals surface area contributed by atoms with E-state index in [1.54, 1.807) is 0 Å². The number of nitrogens with two attached hydrogens (primary N) is 1. The Kier molecular flexibility index (Phi) is 1.45. The largest absolute Gasteiger partial charge is 0.481 e. The minimum absolute atomic E-state index is 0.0394. The summed E-state index contributed by atoms with van der Waals surface area (Å²) in [6, 6.07) is 0. The van der Waals surface area contributed by atoms with E-state index >= 15 is 0 Å². The van der Waals surface area contributed by atoms with Crippen LogP contribution in [0.25, 0.3) is 0 Å². The molecule has 0 heterocycles. The molecule has 2 saturated carbocycles. The molecule has 2 unspecified atom stereocenters. The van der Waals surface area contributed by atoms with Gasteiger partial charge in [-0.2, -0.15) is 0 Å². The predicted octanol–water partition coefficient (Wildman–Crippen LogP) is 0.385. The first kappa shape index (κ1) is 8.95. The van der Waals surface area contributed by atoms with Crippen LogP contribution in [-0.2, 0) is 9.59 Å². The fraction of sp³-hybridized carbons (Fsp3) is 0.636. The van der Waals surface area contributed by atoms with Crippen molar-refractivity contribution < 1.29 is 14.7 Å². The molecular weight excluding hydrogens is 194 g/mol. The third-order valence-corrected chi connectivity index (χ3v) is 4.46. The zero-order chi connectivity index (χ0) is 10.8. The average Bonchev–Trinajstić information content (AvgIpc) is 2.81. The van der Waals surface area contributed by atoms with Gasteiger partial charge in [0.25, 0.3) is 0 Å². The highest BCUT2D eigenvalue weighted by Crippen LogP contribution is 2.71. The van der Waals surface area contributed by atoms with Crippen molar-refractivity contribution in [1.29, 1.82) is 0 Å². The molecule has 80 valence electrons. The number of aliphatic carboxylic acids is 1. The van der Waals surface area contributed by atoms with Crippen LogP contribution in [0.5, 0.6) is 0 Å². The van der Waals surface area contributed by atoms with Gasteiger partial charge in [0.1, 0.15) is 0 Å². The van der Waals surface area contributed by atoms with Crippen LogP contribution in [0.2, 0.25) is 0 Å². The fourth-order valence-corrected chi connectivity index (χ4v) is 3.72. The highest BCUT2D eigenvalue weighted by molar-refractivity contribution is 5.86. The van der Waals surface area contributed by atoms with Gasteiger partial charge in [-0.3, -0.25) is 9.59 Å². The number of carboxylic acids is 1. The average molecular weight is 207 g/mol. The maximum Gasteiger partial charge on any atom is 0.307 e. The number of hydrogen-bond donors (Lipinski definition) is 2. The van der Waals surface area contributed by atoms with Crippen LogP contribution >= 0.6 is 0 Å². The Morgan fingerprint density at radius 1 is 1.20 bits per heavy atom. The third-order valence-electron chi connectivity index (χ3n) is 4.46. The van der Waals surface area contributed by atoms with Crippen LogP contribution in [-0.4, -0.2) is 17.0 Å². The minimum Gasteiger partial charge on any atom is -0.481 e. The molecule has 3 rings (SSSR count). The van der Waals surface area contributed by atoms with Crippen molar-refractivity contribution in [3.63, 3.8) is 0 Å². The lowest BCUT2D eigenvalue weighted by Crippen LogP contribution is -2.36. The molecule has 0 aliphatic heterocycles. The summed E-state index contributed by atoms with van der Waals surface area (Å²) in [6.45, 7) is 0. The zero-order valence-corrected chi connectivity index (χ0v) is 8.22. The van der Waals surface area contributed by atoms with Crippen molar-refractivity contribution in [3.8, 4) is 0 Å². The molecule has 0 radical (unpaired) electrons. The summed E-state index contributed by atoms with van der Waals surface area (Å²) in [7, 11) is 0. The SMILES string of the molecule is NC(=O)C1C(C(=O)O)[C@H]2C=C[C@@H]1C21CC1. The van der Waals surface area contributed by atoms with Crippen LogP contribution in [0.1, 0.15) is 12.8 Å².